The molecule has 0 bridgehead atoms. The highest BCUT2D eigenvalue weighted by Gasteiger charge is 2.16. The molecule has 5 aromatic rings. The molecule has 5 rings (SSSR count). The Balaban J connectivity index is 1.48. The number of benzene rings is 5. The van der Waals surface area contributed by atoms with E-state index in [1.165, 1.54) is 6.07 Å². The zero-order valence-corrected chi connectivity index (χ0v) is 18.7. The highest BCUT2D eigenvalue weighted by molar-refractivity contribution is 5.56. The third-order valence-electron chi connectivity index (χ3n) is 4.96. The van der Waals surface area contributed by atoms with E-state index in [2.05, 4.69) is 0 Å². The van der Waals surface area contributed by atoms with Crippen LogP contribution in [-0.4, -0.2) is 5.11 Å². The summed E-state index contributed by atoms with van der Waals surface area (Å²) in [6.07, 6.45) is 0. The third kappa shape index (κ3) is 5.72. The molecule has 0 radical (unpaired) electrons. The van der Waals surface area contributed by atoms with Gasteiger partial charge in [-0.2, -0.15) is 0 Å². The van der Waals surface area contributed by atoms with E-state index in [0.29, 0.717) is 40.2 Å². The second-order valence-corrected chi connectivity index (χ2v) is 7.59. The number of phenolic OH excluding ortho intramolecular Hbond substituents is 1. The van der Waals surface area contributed by atoms with Gasteiger partial charge in [-0.1, -0.05) is 54.6 Å². The molecule has 0 aliphatic rings. The van der Waals surface area contributed by atoms with Gasteiger partial charge >= 0.3 is 0 Å². The molecule has 35 heavy (non-hydrogen) atoms. The zero-order valence-electron chi connectivity index (χ0n) is 18.7. The topological polar surface area (TPSA) is 57.2 Å². The fourth-order valence-corrected chi connectivity index (χ4v) is 3.39. The van der Waals surface area contributed by atoms with Crippen molar-refractivity contribution in [2.45, 2.75) is 0 Å². The minimum absolute atomic E-state index is 0.104. The monoisotopic (exact) mass is 462 g/mol. The summed E-state index contributed by atoms with van der Waals surface area (Å²) in [6.45, 7) is 0. The van der Waals surface area contributed by atoms with Crippen LogP contribution in [0.5, 0.6) is 51.7 Å². The summed E-state index contributed by atoms with van der Waals surface area (Å²) in [6, 6.07) is 38.3. The van der Waals surface area contributed by atoms with Gasteiger partial charge in [-0.25, -0.2) is 0 Å². The maximum absolute atomic E-state index is 9.85. The largest absolute Gasteiger partial charge is 0.508 e. The summed E-state index contributed by atoms with van der Waals surface area (Å²) in [5, 5.41) is 9.85. The average molecular weight is 463 g/mol. The number of aromatic hydroxyl groups is 1. The van der Waals surface area contributed by atoms with Crippen molar-refractivity contribution >= 4 is 0 Å². The molecule has 0 unspecified atom stereocenters. The van der Waals surface area contributed by atoms with Crippen LogP contribution in [0.1, 0.15) is 0 Å². The molecule has 5 heteroatoms. The van der Waals surface area contributed by atoms with E-state index in [1.54, 1.807) is 30.3 Å². The van der Waals surface area contributed by atoms with E-state index in [0.717, 1.165) is 5.75 Å². The maximum atomic E-state index is 9.85. The molecule has 0 aliphatic heterocycles. The van der Waals surface area contributed by atoms with E-state index >= 15 is 0 Å². The van der Waals surface area contributed by atoms with Gasteiger partial charge in [0.25, 0.3) is 0 Å². The molecule has 0 spiro atoms. The fraction of sp³-hybridized carbons (Fsp3) is 0. The van der Waals surface area contributed by atoms with Crippen molar-refractivity contribution in [3.8, 4) is 51.7 Å². The van der Waals surface area contributed by atoms with Crippen molar-refractivity contribution in [2.75, 3.05) is 0 Å². The first-order valence-corrected chi connectivity index (χ1v) is 11.1. The van der Waals surface area contributed by atoms with Gasteiger partial charge in [-0.3, -0.25) is 0 Å². The second kappa shape index (κ2) is 10.4. The summed E-state index contributed by atoms with van der Waals surface area (Å²) >= 11 is 0. The van der Waals surface area contributed by atoms with Crippen LogP contribution in [-0.2, 0) is 0 Å². The molecule has 172 valence electrons. The number of hydrogen-bond donors (Lipinski definition) is 1. The Morgan fingerprint density at radius 3 is 1.46 bits per heavy atom. The lowest BCUT2D eigenvalue weighted by atomic mass is 10.2. The average Bonchev–Trinajstić information content (AvgIpc) is 2.87. The predicted octanol–water partition coefficient (Wildman–Crippen LogP) is 8.56. The molecule has 0 fully saturated rings. The van der Waals surface area contributed by atoms with Crippen molar-refractivity contribution in [3.63, 3.8) is 0 Å². The Bertz CT molecular complexity index is 1400. The Labute approximate surface area is 203 Å². The summed E-state index contributed by atoms with van der Waals surface area (Å²) in [4.78, 5) is 0. The Morgan fingerprint density at radius 2 is 0.829 bits per heavy atom. The molecule has 0 saturated heterocycles. The van der Waals surface area contributed by atoms with Gasteiger partial charge in [0.15, 0.2) is 11.5 Å². The lowest BCUT2D eigenvalue weighted by Gasteiger charge is -2.17. The van der Waals surface area contributed by atoms with Gasteiger partial charge in [0, 0.05) is 12.1 Å². The van der Waals surface area contributed by atoms with Crippen LogP contribution in [0.25, 0.3) is 0 Å². The molecule has 0 heterocycles. The second-order valence-electron chi connectivity index (χ2n) is 7.59. The van der Waals surface area contributed by atoms with Crippen LogP contribution in [0.2, 0.25) is 0 Å². The molecule has 1 N–H and O–H groups in total. The van der Waals surface area contributed by atoms with Crippen LogP contribution in [0, 0.1) is 0 Å². The first kappa shape index (κ1) is 21.9. The summed E-state index contributed by atoms with van der Waals surface area (Å²) < 4.78 is 24.4. The van der Waals surface area contributed by atoms with E-state index < -0.39 is 0 Å². The quantitative estimate of drug-likeness (QED) is 0.250. The van der Waals surface area contributed by atoms with Crippen LogP contribution in [0.4, 0.5) is 0 Å². The van der Waals surface area contributed by atoms with E-state index in [9.17, 15) is 5.11 Å². The van der Waals surface area contributed by atoms with Crippen LogP contribution in [0.3, 0.4) is 0 Å². The molecule has 5 aromatic carbocycles. The number of phenols is 1. The standard InChI is InChI=1S/C30H22O5/c31-22-10-7-15-25(20-22)34-29-19-9-18-28(33-24-13-5-2-6-14-24)30(29)35-27-17-8-16-26(21-27)32-23-11-3-1-4-12-23/h1-21,31H. The van der Waals surface area contributed by atoms with Crippen molar-refractivity contribution in [2.24, 2.45) is 0 Å². The SMILES string of the molecule is Oc1cccc(Oc2cccc(Oc3ccccc3)c2Oc2cccc(Oc3ccccc3)c2)c1. The molecule has 0 aliphatic carbocycles. The first-order chi connectivity index (χ1) is 17.2. The predicted molar refractivity (Wildman–Crippen MR) is 134 cm³/mol. The highest BCUT2D eigenvalue weighted by Crippen LogP contribution is 2.44. The molecule has 5 nitrogen and oxygen atoms in total. The Hall–Kier alpha value is -4.90. The number of para-hydroxylation sites is 3. The highest BCUT2D eigenvalue weighted by atomic mass is 16.5. The van der Waals surface area contributed by atoms with Crippen LogP contribution >= 0.6 is 0 Å². The smallest absolute Gasteiger partial charge is 0.212 e. The zero-order chi connectivity index (χ0) is 23.9. The van der Waals surface area contributed by atoms with E-state index in [-0.39, 0.29) is 5.75 Å². The van der Waals surface area contributed by atoms with Gasteiger partial charge in [-0.05, 0) is 60.7 Å². The van der Waals surface area contributed by atoms with Gasteiger partial charge in [-0.15, -0.1) is 0 Å². The van der Waals surface area contributed by atoms with Crippen LogP contribution in [0.15, 0.2) is 127 Å². The van der Waals surface area contributed by atoms with E-state index in [4.69, 9.17) is 18.9 Å². The fourth-order valence-electron chi connectivity index (χ4n) is 3.39. The summed E-state index contributed by atoms with van der Waals surface area (Å²) in [7, 11) is 0. The van der Waals surface area contributed by atoms with Gasteiger partial charge in [0.1, 0.15) is 34.5 Å². The lowest BCUT2D eigenvalue weighted by molar-refractivity contribution is 0.383. The number of rotatable bonds is 8. The Kier molecular flexibility index (Phi) is 6.49. The molecule has 0 atom stereocenters. The number of hydrogen-bond acceptors (Lipinski definition) is 5. The van der Waals surface area contributed by atoms with Crippen molar-refractivity contribution in [1.82, 2.24) is 0 Å². The third-order valence-corrected chi connectivity index (χ3v) is 4.96. The van der Waals surface area contributed by atoms with Gasteiger partial charge in [0.2, 0.25) is 5.75 Å². The van der Waals surface area contributed by atoms with Crippen molar-refractivity contribution in [3.05, 3.63) is 127 Å². The van der Waals surface area contributed by atoms with Gasteiger partial charge in [0.05, 0.1) is 0 Å². The first-order valence-electron chi connectivity index (χ1n) is 11.1. The lowest BCUT2D eigenvalue weighted by Crippen LogP contribution is -1.95. The minimum atomic E-state index is 0.104. The van der Waals surface area contributed by atoms with Crippen molar-refractivity contribution < 1.29 is 24.1 Å². The molecular formula is C30H22O5. The molecule has 0 amide bonds. The normalized spacial score (nSPS) is 10.4. The van der Waals surface area contributed by atoms with Gasteiger partial charge < -0.3 is 24.1 Å². The maximum Gasteiger partial charge on any atom is 0.212 e. The molecular weight excluding hydrogens is 440 g/mol. The summed E-state index contributed by atoms with van der Waals surface area (Å²) in [5.74, 6) is 4.42. The van der Waals surface area contributed by atoms with Crippen molar-refractivity contribution in [1.29, 1.82) is 0 Å². The summed E-state index contributed by atoms with van der Waals surface area (Å²) in [5.41, 5.74) is 0. The number of ether oxygens (including phenoxy) is 4. The van der Waals surface area contributed by atoms with Crippen LogP contribution < -0.4 is 18.9 Å². The molecule has 0 saturated carbocycles. The van der Waals surface area contributed by atoms with E-state index in [1.807, 2.05) is 91.0 Å². The Morgan fingerprint density at radius 1 is 0.371 bits per heavy atom. The minimum Gasteiger partial charge on any atom is -0.508 e. The molecule has 0 aromatic heterocycles.